The molecule has 2 aromatic rings. The molecule has 2 heterocycles. The van der Waals surface area contributed by atoms with Crippen molar-refractivity contribution in [3.05, 3.63) is 40.6 Å². The van der Waals surface area contributed by atoms with Crippen LogP contribution in [0.25, 0.3) is 11.5 Å². The molecule has 1 aliphatic heterocycles. The highest BCUT2D eigenvalue weighted by Gasteiger charge is 2.28. The highest BCUT2D eigenvalue weighted by atomic mass is 19.1. The van der Waals surface area contributed by atoms with Gasteiger partial charge < -0.3 is 9.73 Å². The van der Waals surface area contributed by atoms with Gasteiger partial charge in [-0.2, -0.15) is 4.68 Å². The summed E-state index contributed by atoms with van der Waals surface area (Å²) in [6.07, 6.45) is 0. The van der Waals surface area contributed by atoms with Crippen molar-refractivity contribution < 1.29 is 18.4 Å². The largest absolute Gasteiger partial charge is 0.437 e. The number of halogens is 1. The van der Waals surface area contributed by atoms with Crippen LogP contribution >= 0.6 is 0 Å². The molecular weight excluding hydrogens is 295 g/mol. The predicted octanol–water partition coefficient (Wildman–Crippen LogP) is 0.194. The third-order valence-corrected chi connectivity index (χ3v) is 3.17. The van der Waals surface area contributed by atoms with Gasteiger partial charge in [-0.3, -0.25) is 9.69 Å². The van der Waals surface area contributed by atoms with Crippen molar-refractivity contribution in [2.45, 2.75) is 6.54 Å². The average Bonchev–Trinajstić information content (AvgIpc) is 3.01. The van der Waals surface area contributed by atoms with Gasteiger partial charge in [-0.25, -0.2) is 14.0 Å². The molecule has 3 amide bonds. The molecule has 3 rings (SSSR count). The molecule has 0 aliphatic carbocycles. The molecule has 8 nitrogen and oxygen atoms in total. The van der Waals surface area contributed by atoms with Crippen LogP contribution in [0.5, 0.6) is 0 Å². The topological polar surface area (TPSA) is 97.4 Å². The number of aromatic nitrogens is 2. The summed E-state index contributed by atoms with van der Waals surface area (Å²) in [6.45, 7) is -0.0178. The predicted molar refractivity (Wildman–Crippen MR) is 71.3 cm³/mol. The van der Waals surface area contributed by atoms with E-state index >= 15 is 0 Å². The van der Waals surface area contributed by atoms with Gasteiger partial charge in [-0.15, -0.1) is 5.10 Å². The van der Waals surface area contributed by atoms with E-state index in [1.54, 1.807) is 0 Å². The first-order chi connectivity index (χ1) is 10.5. The molecule has 1 aromatic carbocycles. The molecule has 1 saturated heterocycles. The van der Waals surface area contributed by atoms with Crippen molar-refractivity contribution in [1.29, 1.82) is 0 Å². The zero-order valence-electron chi connectivity index (χ0n) is 11.3. The van der Waals surface area contributed by atoms with E-state index in [0.717, 1.165) is 9.58 Å². The quantitative estimate of drug-likeness (QED) is 0.813. The Kier molecular flexibility index (Phi) is 3.45. The van der Waals surface area contributed by atoms with E-state index in [1.165, 1.54) is 24.3 Å². The first-order valence-electron chi connectivity index (χ1n) is 6.46. The lowest BCUT2D eigenvalue weighted by Crippen LogP contribution is -2.35. The Morgan fingerprint density at radius 2 is 1.91 bits per heavy atom. The van der Waals surface area contributed by atoms with E-state index < -0.39 is 17.6 Å². The van der Waals surface area contributed by atoms with Crippen LogP contribution in [0.4, 0.5) is 9.18 Å². The molecule has 0 unspecified atom stereocenters. The van der Waals surface area contributed by atoms with Gasteiger partial charge in [0.05, 0.1) is 19.6 Å². The summed E-state index contributed by atoms with van der Waals surface area (Å²) in [4.78, 5) is 35.5. The van der Waals surface area contributed by atoms with Gasteiger partial charge in [0.15, 0.2) is 0 Å². The van der Waals surface area contributed by atoms with E-state index in [0.29, 0.717) is 5.56 Å². The number of carbonyl (C=O) groups is 2. The summed E-state index contributed by atoms with van der Waals surface area (Å²) in [5, 5.41) is 6.34. The third kappa shape index (κ3) is 2.60. The van der Waals surface area contributed by atoms with Crippen LogP contribution in [-0.2, 0) is 11.3 Å². The molecule has 9 heteroatoms. The lowest BCUT2D eigenvalue weighted by molar-refractivity contribution is -0.125. The van der Waals surface area contributed by atoms with Crippen LogP contribution < -0.4 is 11.1 Å². The molecule has 0 radical (unpaired) electrons. The Hall–Kier alpha value is -2.97. The van der Waals surface area contributed by atoms with E-state index in [4.69, 9.17) is 4.42 Å². The minimum Gasteiger partial charge on any atom is -0.388 e. The molecule has 0 bridgehead atoms. The number of amides is 3. The van der Waals surface area contributed by atoms with Crippen molar-refractivity contribution in [3.63, 3.8) is 0 Å². The third-order valence-electron chi connectivity index (χ3n) is 3.17. The molecule has 1 N–H and O–H groups in total. The zero-order valence-corrected chi connectivity index (χ0v) is 11.3. The second-order valence-corrected chi connectivity index (χ2v) is 4.61. The second kappa shape index (κ2) is 5.43. The van der Waals surface area contributed by atoms with Gasteiger partial charge in [0.25, 0.3) is 0 Å². The van der Waals surface area contributed by atoms with Gasteiger partial charge >= 0.3 is 11.8 Å². The summed E-state index contributed by atoms with van der Waals surface area (Å²) in [6, 6.07) is 4.81. The first-order valence-corrected chi connectivity index (χ1v) is 6.46. The van der Waals surface area contributed by atoms with Crippen LogP contribution in [0.2, 0.25) is 0 Å². The van der Waals surface area contributed by atoms with Gasteiger partial charge in [-0.05, 0) is 24.3 Å². The number of rotatable bonds is 4. The normalized spacial score (nSPS) is 14.5. The number of nitrogens with zero attached hydrogens (tertiary/aromatic N) is 3. The fraction of sp³-hybridized carbons (Fsp3) is 0.231. The number of imide groups is 1. The van der Waals surface area contributed by atoms with Gasteiger partial charge in [-0.1, -0.05) is 0 Å². The maximum absolute atomic E-state index is 12.9. The van der Waals surface area contributed by atoms with Crippen molar-refractivity contribution in [2.24, 2.45) is 0 Å². The fourth-order valence-electron chi connectivity index (χ4n) is 2.03. The Morgan fingerprint density at radius 1 is 1.18 bits per heavy atom. The summed E-state index contributed by atoms with van der Waals surface area (Å²) in [5.41, 5.74) is 0.451. The summed E-state index contributed by atoms with van der Waals surface area (Å²) in [5.74, 6) is -1.45. The number of hydrogen-bond donors (Lipinski definition) is 1. The first kappa shape index (κ1) is 14.0. The molecule has 114 valence electrons. The Bertz CT molecular complexity index is 764. The molecule has 1 fully saturated rings. The minimum absolute atomic E-state index is 0.0139. The maximum Gasteiger partial charge on any atom is 0.437 e. The number of nitrogens with one attached hydrogen (secondary N) is 1. The highest BCUT2D eigenvalue weighted by molar-refractivity contribution is 6.01. The fourth-order valence-corrected chi connectivity index (χ4v) is 2.03. The van der Waals surface area contributed by atoms with Crippen LogP contribution in [0, 0.1) is 5.82 Å². The monoisotopic (exact) mass is 306 g/mol. The van der Waals surface area contributed by atoms with E-state index in [2.05, 4.69) is 10.4 Å². The van der Waals surface area contributed by atoms with Crippen LogP contribution in [0.15, 0.2) is 33.5 Å². The Labute approximate surface area is 123 Å². The molecule has 0 spiro atoms. The van der Waals surface area contributed by atoms with Gasteiger partial charge in [0.1, 0.15) is 5.82 Å². The zero-order chi connectivity index (χ0) is 15.7. The van der Waals surface area contributed by atoms with Crippen LogP contribution in [-0.4, -0.2) is 39.7 Å². The average molecular weight is 306 g/mol. The van der Waals surface area contributed by atoms with Crippen molar-refractivity contribution >= 4 is 11.9 Å². The molecule has 0 atom stereocenters. The van der Waals surface area contributed by atoms with Crippen molar-refractivity contribution in [1.82, 2.24) is 20.0 Å². The Balaban J connectivity index is 1.75. The SMILES string of the molecule is O=C1CNC(=O)N1CCn1nc(-c2ccc(F)cc2)oc1=O. The maximum atomic E-state index is 12.9. The minimum atomic E-state index is -0.716. The molecule has 0 saturated carbocycles. The highest BCUT2D eigenvalue weighted by Crippen LogP contribution is 2.15. The summed E-state index contributed by atoms with van der Waals surface area (Å²) < 4.78 is 18.9. The van der Waals surface area contributed by atoms with Crippen LogP contribution in [0.3, 0.4) is 0 Å². The van der Waals surface area contributed by atoms with Crippen molar-refractivity contribution in [2.75, 3.05) is 13.1 Å². The number of hydrogen-bond acceptors (Lipinski definition) is 5. The molecule has 1 aromatic heterocycles. The lowest BCUT2D eigenvalue weighted by atomic mass is 10.2. The van der Waals surface area contributed by atoms with E-state index in [9.17, 15) is 18.8 Å². The number of carbonyl (C=O) groups excluding carboxylic acids is 2. The second-order valence-electron chi connectivity index (χ2n) is 4.61. The Morgan fingerprint density at radius 3 is 2.55 bits per heavy atom. The van der Waals surface area contributed by atoms with E-state index in [-0.39, 0.29) is 31.4 Å². The van der Waals surface area contributed by atoms with E-state index in [1.807, 2.05) is 0 Å². The summed E-state index contributed by atoms with van der Waals surface area (Å²) in [7, 11) is 0. The summed E-state index contributed by atoms with van der Waals surface area (Å²) >= 11 is 0. The molecule has 22 heavy (non-hydrogen) atoms. The molecular formula is C13H11FN4O4. The van der Waals surface area contributed by atoms with Crippen LogP contribution in [0.1, 0.15) is 0 Å². The smallest absolute Gasteiger partial charge is 0.388 e. The molecule has 1 aliphatic rings. The van der Waals surface area contributed by atoms with Gasteiger partial charge in [0, 0.05) is 5.56 Å². The number of urea groups is 1. The number of benzene rings is 1. The standard InChI is InChI=1S/C13H11FN4O4/c14-9-3-1-8(2-4-9)11-16-18(13(21)22-11)6-5-17-10(19)7-15-12(17)20/h1-4H,5-7H2,(H,15,20). The van der Waals surface area contributed by atoms with Crippen molar-refractivity contribution in [3.8, 4) is 11.5 Å². The van der Waals surface area contributed by atoms with Gasteiger partial charge in [0.2, 0.25) is 11.8 Å². The lowest BCUT2D eigenvalue weighted by Gasteiger charge is -2.10.